The number of anilines is 2. The Labute approximate surface area is 217 Å². The van der Waals surface area contributed by atoms with Crippen molar-refractivity contribution >= 4 is 28.2 Å². The van der Waals surface area contributed by atoms with Gasteiger partial charge in [0.15, 0.2) is 0 Å². The van der Waals surface area contributed by atoms with E-state index in [1.807, 2.05) is 78.9 Å². The Morgan fingerprint density at radius 1 is 0.842 bits per heavy atom. The Morgan fingerprint density at radius 3 is 2.26 bits per heavy atom. The maximum Gasteiger partial charge on any atom is 0.418 e. The van der Waals surface area contributed by atoms with Crippen LogP contribution in [0.3, 0.4) is 0 Å². The van der Waals surface area contributed by atoms with E-state index in [1.165, 1.54) is 6.07 Å². The zero-order chi connectivity index (χ0) is 26.7. The summed E-state index contributed by atoms with van der Waals surface area (Å²) in [6.07, 6.45) is -4.08. The molecule has 5 aromatic rings. The van der Waals surface area contributed by atoms with Crippen LogP contribution in [-0.2, 0) is 23.9 Å². The summed E-state index contributed by atoms with van der Waals surface area (Å²) in [6, 6.07) is 28.5. The Morgan fingerprint density at radius 2 is 1.53 bits per heavy atom. The second kappa shape index (κ2) is 10.4. The first kappa shape index (κ1) is 25.1. The summed E-state index contributed by atoms with van der Waals surface area (Å²) >= 11 is 0. The number of carbonyl (C=O) groups is 1. The summed E-state index contributed by atoms with van der Waals surface area (Å²) < 4.78 is 43.1. The molecule has 38 heavy (non-hydrogen) atoms. The lowest BCUT2D eigenvalue weighted by molar-refractivity contribution is -0.137. The topological polar surface area (TPSA) is 67.2 Å². The molecule has 0 radical (unpaired) electrons. The number of benzene rings is 4. The number of rotatable bonds is 8. The molecule has 192 valence electrons. The third-order valence-corrected chi connectivity index (χ3v) is 6.23. The zero-order valence-electron chi connectivity index (χ0n) is 20.2. The van der Waals surface area contributed by atoms with Crippen molar-refractivity contribution in [1.29, 1.82) is 0 Å². The van der Waals surface area contributed by atoms with Crippen molar-refractivity contribution in [2.24, 2.45) is 0 Å². The van der Waals surface area contributed by atoms with Crippen LogP contribution in [0.5, 0.6) is 0 Å². The summed E-state index contributed by atoms with van der Waals surface area (Å²) in [6.45, 7) is 0.311. The van der Waals surface area contributed by atoms with Crippen molar-refractivity contribution in [3.05, 3.63) is 114 Å². The van der Waals surface area contributed by atoms with Crippen molar-refractivity contribution in [1.82, 2.24) is 9.78 Å². The lowest BCUT2D eigenvalue weighted by atomic mass is 10.0. The molecule has 5 rings (SSSR count). The second-order valence-electron chi connectivity index (χ2n) is 8.99. The fraction of sp³-hybridized carbons (Fsp3) is 0.133. The minimum atomic E-state index is -4.53. The average molecular weight is 516 g/mol. The number of aryl methyl sites for hydroxylation is 1. The number of halogens is 3. The highest BCUT2D eigenvalue weighted by molar-refractivity contribution is 5.96. The molecule has 0 saturated carbocycles. The van der Waals surface area contributed by atoms with Gasteiger partial charge < -0.3 is 10.4 Å². The number of carboxylic acids is 1. The van der Waals surface area contributed by atoms with Gasteiger partial charge in [0.05, 0.1) is 17.8 Å². The van der Waals surface area contributed by atoms with Crippen molar-refractivity contribution < 1.29 is 23.1 Å². The summed E-state index contributed by atoms with van der Waals surface area (Å²) in [5.41, 5.74) is 3.79. The molecule has 0 spiro atoms. The van der Waals surface area contributed by atoms with Gasteiger partial charge in [-0.15, -0.1) is 0 Å². The van der Waals surface area contributed by atoms with Gasteiger partial charge in [-0.2, -0.15) is 18.3 Å². The molecule has 0 atom stereocenters. The van der Waals surface area contributed by atoms with Crippen LogP contribution in [0.25, 0.3) is 22.2 Å². The molecule has 0 saturated heterocycles. The van der Waals surface area contributed by atoms with Gasteiger partial charge in [0.1, 0.15) is 5.52 Å². The van der Waals surface area contributed by atoms with E-state index in [0.29, 0.717) is 24.0 Å². The highest BCUT2D eigenvalue weighted by Gasteiger charge is 2.34. The quantitative estimate of drug-likeness (QED) is 0.224. The van der Waals surface area contributed by atoms with Gasteiger partial charge in [-0.05, 0) is 47.9 Å². The van der Waals surface area contributed by atoms with E-state index in [4.69, 9.17) is 5.11 Å². The van der Waals surface area contributed by atoms with Crippen LogP contribution in [0.1, 0.15) is 23.1 Å². The molecule has 0 aliphatic carbocycles. The molecule has 0 aliphatic rings. The maximum atomic E-state index is 13.8. The summed E-state index contributed by atoms with van der Waals surface area (Å²) in [7, 11) is 0. The van der Waals surface area contributed by atoms with Gasteiger partial charge in [0.25, 0.3) is 0 Å². The van der Waals surface area contributed by atoms with E-state index in [9.17, 15) is 18.0 Å². The van der Waals surface area contributed by atoms with Gasteiger partial charge in [-0.3, -0.25) is 9.48 Å². The predicted octanol–water partition coefficient (Wildman–Crippen LogP) is 7.53. The predicted molar refractivity (Wildman–Crippen MR) is 141 cm³/mol. The molecule has 0 fully saturated rings. The van der Waals surface area contributed by atoms with Gasteiger partial charge in [-0.1, -0.05) is 66.7 Å². The van der Waals surface area contributed by atoms with Crippen LogP contribution in [0.4, 0.5) is 24.5 Å². The Balaban J connectivity index is 1.56. The van der Waals surface area contributed by atoms with Crippen LogP contribution in [0, 0.1) is 0 Å². The number of carboxylic acid groups (broad SMARTS) is 1. The summed E-state index contributed by atoms with van der Waals surface area (Å²) in [5, 5.41) is 17.2. The van der Waals surface area contributed by atoms with Crippen molar-refractivity contribution in [3.63, 3.8) is 0 Å². The lowest BCUT2D eigenvalue weighted by Crippen LogP contribution is -2.06. The SMILES string of the molecule is O=C(O)CCc1cccc(Nc2cccc(-c3c4cccc(C(F)(F)F)c4nn3Cc3ccccc3)c2)c1. The molecule has 2 N–H and O–H groups in total. The number of aromatic nitrogens is 2. The van der Waals surface area contributed by atoms with Crippen molar-refractivity contribution in [2.75, 3.05) is 5.32 Å². The van der Waals surface area contributed by atoms with Crippen LogP contribution in [-0.4, -0.2) is 20.9 Å². The first-order valence-electron chi connectivity index (χ1n) is 12.1. The van der Waals surface area contributed by atoms with Gasteiger partial charge >= 0.3 is 12.1 Å². The largest absolute Gasteiger partial charge is 0.481 e. The third kappa shape index (κ3) is 5.54. The Bertz CT molecular complexity index is 1590. The molecule has 1 aromatic heterocycles. The minimum Gasteiger partial charge on any atom is -0.481 e. The molecule has 5 nitrogen and oxygen atoms in total. The smallest absolute Gasteiger partial charge is 0.418 e. The van der Waals surface area contributed by atoms with E-state index in [2.05, 4.69) is 10.4 Å². The first-order valence-corrected chi connectivity index (χ1v) is 12.1. The Kier molecular flexibility index (Phi) is 6.87. The number of hydrogen-bond acceptors (Lipinski definition) is 3. The van der Waals surface area contributed by atoms with Crippen molar-refractivity contribution in [2.45, 2.75) is 25.6 Å². The highest BCUT2D eigenvalue weighted by atomic mass is 19.4. The van der Waals surface area contributed by atoms with E-state index >= 15 is 0 Å². The molecular formula is C30H24F3N3O2. The number of nitrogens with one attached hydrogen (secondary N) is 1. The average Bonchev–Trinajstić information content (AvgIpc) is 3.25. The molecular weight excluding hydrogens is 491 g/mol. The number of alkyl halides is 3. The number of fused-ring (bicyclic) bond motifs is 1. The van der Waals surface area contributed by atoms with Crippen LogP contribution in [0.15, 0.2) is 97.1 Å². The first-order chi connectivity index (χ1) is 18.3. The number of nitrogens with zero attached hydrogens (tertiary/aromatic N) is 2. The monoisotopic (exact) mass is 515 g/mol. The van der Waals surface area contributed by atoms with E-state index in [1.54, 1.807) is 10.7 Å². The molecule has 8 heteroatoms. The van der Waals surface area contributed by atoms with E-state index in [0.717, 1.165) is 34.1 Å². The maximum absolute atomic E-state index is 13.8. The zero-order valence-corrected chi connectivity index (χ0v) is 20.2. The molecule has 0 unspecified atom stereocenters. The van der Waals surface area contributed by atoms with Crippen LogP contribution < -0.4 is 5.32 Å². The van der Waals surface area contributed by atoms with Gasteiger partial charge in [0.2, 0.25) is 0 Å². The fourth-order valence-electron chi connectivity index (χ4n) is 4.52. The highest BCUT2D eigenvalue weighted by Crippen LogP contribution is 2.38. The normalized spacial score (nSPS) is 11.6. The number of hydrogen-bond donors (Lipinski definition) is 2. The van der Waals surface area contributed by atoms with Gasteiger partial charge in [-0.25, -0.2) is 0 Å². The van der Waals surface area contributed by atoms with Crippen LogP contribution >= 0.6 is 0 Å². The van der Waals surface area contributed by atoms with Gasteiger partial charge in [0, 0.05) is 28.7 Å². The minimum absolute atomic E-state index is 0.0390. The lowest BCUT2D eigenvalue weighted by Gasteiger charge is -2.12. The third-order valence-electron chi connectivity index (χ3n) is 6.23. The molecule has 1 heterocycles. The van der Waals surface area contributed by atoms with E-state index < -0.39 is 17.7 Å². The fourth-order valence-corrected chi connectivity index (χ4v) is 4.52. The van der Waals surface area contributed by atoms with Crippen LogP contribution in [0.2, 0.25) is 0 Å². The second-order valence-corrected chi connectivity index (χ2v) is 8.99. The van der Waals surface area contributed by atoms with E-state index in [-0.39, 0.29) is 11.9 Å². The summed E-state index contributed by atoms with van der Waals surface area (Å²) in [4.78, 5) is 10.9. The molecule has 0 aliphatic heterocycles. The standard InChI is InChI=1S/C30H24F3N3O2/c31-30(32,33)26-14-6-13-25-28(26)35-36(19-21-7-2-1-3-8-21)29(25)22-10-5-12-24(18-22)34-23-11-4-9-20(17-23)15-16-27(37)38/h1-14,17-18,34H,15-16,19H2,(H,37,38). The molecule has 4 aromatic carbocycles. The number of aliphatic carboxylic acids is 1. The molecule has 0 amide bonds. The Hall–Kier alpha value is -4.59. The van der Waals surface area contributed by atoms with Crippen molar-refractivity contribution in [3.8, 4) is 11.3 Å². The molecule has 0 bridgehead atoms. The summed E-state index contributed by atoms with van der Waals surface area (Å²) in [5.74, 6) is -0.857.